The Kier molecular flexibility index (Phi) is 5.57. The van der Waals surface area contributed by atoms with E-state index in [0.29, 0.717) is 6.42 Å². The van der Waals surface area contributed by atoms with Crippen LogP contribution in [-0.4, -0.2) is 20.0 Å². The Morgan fingerprint density at radius 2 is 1.58 bits per heavy atom. The molecule has 134 valence electrons. The van der Waals surface area contributed by atoms with Crippen molar-refractivity contribution in [3.8, 4) is 11.5 Å². The van der Waals surface area contributed by atoms with E-state index in [1.807, 2.05) is 54.6 Å². The molecule has 2 aromatic rings. The second-order valence-electron chi connectivity index (χ2n) is 6.53. The van der Waals surface area contributed by atoms with Crippen molar-refractivity contribution < 1.29 is 14.3 Å². The molecule has 0 saturated carbocycles. The molecular weight excluding hydrogens is 324 g/mol. The molecule has 3 nitrogen and oxygen atoms in total. The summed E-state index contributed by atoms with van der Waals surface area (Å²) >= 11 is 0. The predicted octanol–water partition coefficient (Wildman–Crippen LogP) is 5.04. The highest BCUT2D eigenvalue weighted by Gasteiger charge is 2.30. The van der Waals surface area contributed by atoms with E-state index in [2.05, 4.69) is 13.0 Å². The quantitative estimate of drug-likeness (QED) is 0.760. The van der Waals surface area contributed by atoms with Crippen molar-refractivity contribution in [3.05, 3.63) is 77.4 Å². The van der Waals surface area contributed by atoms with E-state index in [1.165, 1.54) is 0 Å². The van der Waals surface area contributed by atoms with Crippen molar-refractivity contribution in [1.82, 2.24) is 0 Å². The molecule has 3 rings (SSSR count). The van der Waals surface area contributed by atoms with Gasteiger partial charge in [0.05, 0.1) is 14.2 Å². The van der Waals surface area contributed by atoms with Gasteiger partial charge in [0, 0.05) is 17.9 Å². The van der Waals surface area contributed by atoms with Crippen LogP contribution in [0, 0.1) is 5.92 Å². The fourth-order valence-electron chi connectivity index (χ4n) is 3.54. The molecule has 0 fully saturated rings. The lowest BCUT2D eigenvalue weighted by molar-refractivity contribution is -0.115. The van der Waals surface area contributed by atoms with Gasteiger partial charge in [0.1, 0.15) is 11.5 Å². The Hall–Kier alpha value is -2.81. The Morgan fingerprint density at radius 1 is 0.923 bits per heavy atom. The molecule has 26 heavy (non-hydrogen) atoms. The highest BCUT2D eigenvalue weighted by atomic mass is 16.5. The van der Waals surface area contributed by atoms with Crippen LogP contribution in [0.5, 0.6) is 11.5 Å². The van der Waals surface area contributed by atoms with Crippen molar-refractivity contribution in [1.29, 1.82) is 0 Å². The first-order chi connectivity index (χ1) is 12.6. The minimum Gasteiger partial charge on any atom is -0.496 e. The number of ketones is 1. The summed E-state index contributed by atoms with van der Waals surface area (Å²) in [4.78, 5) is 12.4. The maximum atomic E-state index is 12.4. The van der Waals surface area contributed by atoms with Crippen molar-refractivity contribution >= 4 is 11.9 Å². The van der Waals surface area contributed by atoms with Crippen molar-refractivity contribution in [2.24, 2.45) is 5.92 Å². The molecule has 2 aromatic carbocycles. The molecule has 3 heteroatoms. The largest absolute Gasteiger partial charge is 0.496 e. The Bertz CT molecular complexity index is 848. The minimum absolute atomic E-state index is 0.112. The number of para-hydroxylation sites is 2. The second-order valence-corrected chi connectivity index (χ2v) is 6.53. The van der Waals surface area contributed by atoms with E-state index in [4.69, 9.17) is 9.47 Å². The molecule has 0 spiro atoms. The number of rotatable bonds is 5. The number of ether oxygens (including phenoxy) is 2. The van der Waals surface area contributed by atoms with Crippen molar-refractivity contribution in [3.63, 3.8) is 0 Å². The molecule has 0 bridgehead atoms. The first-order valence-electron chi connectivity index (χ1n) is 8.82. The molecule has 0 radical (unpaired) electrons. The summed E-state index contributed by atoms with van der Waals surface area (Å²) < 4.78 is 10.9. The third-order valence-corrected chi connectivity index (χ3v) is 5.01. The summed E-state index contributed by atoms with van der Waals surface area (Å²) in [5.41, 5.74) is 3.12. The van der Waals surface area contributed by atoms with Crippen LogP contribution in [-0.2, 0) is 4.79 Å². The normalized spacial score (nSPS) is 20.1. The lowest BCUT2D eigenvalue weighted by Gasteiger charge is -2.29. The fourth-order valence-corrected chi connectivity index (χ4v) is 3.54. The zero-order chi connectivity index (χ0) is 18.5. The predicted molar refractivity (Wildman–Crippen MR) is 105 cm³/mol. The van der Waals surface area contributed by atoms with E-state index in [9.17, 15) is 4.79 Å². The molecule has 2 unspecified atom stereocenters. The zero-order valence-corrected chi connectivity index (χ0v) is 15.4. The van der Waals surface area contributed by atoms with E-state index < -0.39 is 0 Å². The van der Waals surface area contributed by atoms with Gasteiger partial charge in [0.2, 0.25) is 0 Å². The Morgan fingerprint density at radius 3 is 2.31 bits per heavy atom. The summed E-state index contributed by atoms with van der Waals surface area (Å²) in [5.74, 6) is 2.14. The molecule has 0 saturated heterocycles. The molecule has 1 aliphatic carbocycles. The summed E-state index contributed by atoms with van der Waals surface area (Å²) in [6, 6.07) is 15.8. The number of allylic oxidation sites excluding steroid dienone is 3. The summed E-state index contributed by atoms with van der Waals surface area (Å²) in [6.07, 6.45) is 6.32. The van der Waals surface area contributed by atoms with E-state index in [1.54, 1.807) is 20.3 Å². The van der Waals surface area contributed by atoms with Crippen LogP contribution in [0.15, 0.2) is 66.3 Å². The van der Waals surface area contributed by atoms with E-state index in [0.717, 1.165) is 28.2 Å². The van der Waals surface area contributed by atoms with Gasteiger partial charge in [-0.1, -0.05) is 55.5 Å². The van der Waals surface area contributed by atoms with E-state index >= 15 is 0 Å². The second kappa shape index (κ2) is 8.05. The summed E-state index contributed by atoms with van der Waals surface area (Å²) in [5, 5.41) is 0. The number of carbonyl (C=O) groups excluding carboxylic acids is 1. The topological polar surface area (TPSA) is 35.5 Å². The van der Waals surface area contributed by atoms with Crippen LogP contribution in [0.3, 0.4) is 0 Å². The third kappa shape index (κ3) is 3.72. The van der Waals surface area contributed by atoms with Gasteiger partial charge in [-0.15, -0.1) is 0 Å². The average molecular weight is 348 g/mol. The number of methoxy groups -OCH3 is 2. The first-order valence-corrected chi connectivity index (χ1v) is 8.82. The van der Waals surface area contributed by atoms with Crippen LogP contribution < -0.4 is 9.47 Å². The lowest BCUT2D eigenvalue weighted by atomic mass is 9.75. The van der Waals surface area contributed by atoms with Crippen molar-refractivity contribution in [2.75, 3.05) is 14.2 Å². The molecule has 0 N–H and O–H groups in total. The number of benzene rings is 2. The molecule has 0 amide bonds. The third-order valence-electron chi connectivity index (χ3n) is 5.01. The average Bonchev–Trinajstić information content (AvgIpc) is 2.68. The summed E-state index contributed by atoms with van der Waals surface area (Å²) in [7, 11) is 3.34. The lowest BCUT2D eigenvalue weighted by Crippen LogP contribution is -2.21. The fraction of sp³-hybridized carbons (Fsp3) is 0.261. The van der Waals surface area contributed by atoms with Crippen LogP contribution >= 0.6 is 0 Å². The molecule has 0 heterocycles. The summed E-state index contributed by atoms with van der Waals surface area (Å²) in [6.45, 7) is 2.17. The highest BCUT2D eigenvalue weighted by molar-refractivity contribution is 5.93. The maximum Gasteiger partial charge on any atom is 0.156 e. The smallest absolute Gasteiger partial charge is 0.156 e. The monoisotopic (exact) mass is 348 g/mol. The maximum absolute atomic E-state index is 12.4. The van der Waals surface area contributed by atoms with Gasteiger partial charge >= 0.3 is 0 Å². The van der Waals surface area contributed by atoms with Crippen LogP contribution in [0.2, 0.25) is 0 Å². The van der Waals surface area contributed by atoms with Crippen molar-refractivity contribution in [2.45, 2.75) is 19.3 Å². The van der Waals surface area contributed by atoms with E-state index in [-0.39, 0.29) is 17.6 Å². The van der Waals surface area contributed by atoms with Gasteiger partial charge in [-0.25, -0.2) is 0 Å². The number of carbonyl (C=O) groups is 1. The van der Waals surface area contributed by atoms with Gasteiger partial charge in [-0.05, 0) is 35.3 Å². The Balaban J connectivity index is 1.91. The Labute approximate surface area is 155 Å². The molecule has 0 aliphatic heterocycles. The minimum atomic E-state index is 0.112. The molecule has 1 aliphatic rings. The van der Waals surface area contributed by atoms with Gasteiger partial charge in [0.15, 0.2) is 5.78 Å². The SMILES string of the molecule is COc1ccccc1/C=C\C1=CC(=O)CC(c2ccccc2OC)C1C. The van der Waals surface area contributed by atoms with Gasteiger partial charge in [0.25, 0.3) is 0 Å². The standard InChI is InChI=1S/C23H24O3/c1-16-18(13-12-17-8-4-6-10-22(17)25-2)14-19(24)15-21(16)20-9-5-7-11-23(20)26-3/h4-14,16,21H,15H2,1-3H3/b13-12-. The first kappa shape index (κ1) is 18.0. The van der Waals surface area contributed by atoms with Gasteiger partial charge < -0.3 is 9.47 Å². The molecule has 2 atom stereocenters. The van der Waals surface area contributed by atoms with Crippen LogP contribution in [0.4, 0.5) is 0 Å². The zero-order valence-electron chi connectivity index (χ0n) is 15.4. The van der Waals surface area contributed by atoms with Gasteiger partial charge in [-0.2, -0.15) is 0 Å². The molecule has 0 aromatic heterocycles. The number of hydrogen-bond acceptors (Lipinski definition) is 3. The highest BCUT2D eigenvalue weighted by Crippen LogP contribution is 2.41. The molecular formula is C23H24O3. The van der Waals surface area contributed by atoms with Gasteiger partial charge in [-0.3, -0.25) is 4.79 Å². The van der Waals surface area contributed by atoms with Crippen LogP contribution in [0.1, 0.15) is 30.4 Å². The number of hydrogen-bond donors (Lipinski definition) is 0. The van der Waals surface area contributed by atoms with Crippen LogP contribution in [0.25, 0.3) is 6.08 Å².